The Labute approximate surface area is 110 Å². The topological polar surface area (TPSA) is 95.5 Å². The monoisotopic (exact) mass is 262 g/mol. The first-order valence-corrected chi connectivity index (χ1v) is 5.57. The van der Waals surface area contributed by atoms with E-state index in [4.69, 9.17) is 5.11 Å². The van der Waals surface area contributed by atoms with Crippen molar-refractivity contribution >= 4 is 17.8 Å². The fourth-order valence-corrected chi connectivity index (χ4v) is 1.23. The van der Waals surface area contributed by atoms with Crippen LogP contribution in [0.5, 0.6) is 0 Å². The van der Waals surface area contributed by atoms with E-state index in [0.29, 0.717) is 12.6 Å². The summed E-state index contributed by atoms with van der Waals surface area (Å²) in [6.07, 6.45) is 1.56. The number of carbonyl (C=O) groups is 3. The van der Waals surface area contributed by atoms with Crippen LogP contribution in [0.25, 0.3) is 0 Å². The standard InChI is InChI=1S/C13H14N2O4/c16-11(6-7-13(18)19)15-9-12(17)14-8-10-4-2-1-3-5-10/h1-7H,8-9H2,(H,14,17)(H,15,16)(H,18,19)/b7-6+. The van der Waals surface area contributed by atoms with Crippen molar-refractivity contribution in [3.8, 4) is 0 Å². The van der Waals surface area contributed by atoms with E-state index >= 15 is 0 Å². The molecule has 2 amide bonds. The van der Waals surface area contributed by atoms with Gasteiger partial charge in [0.25, 0.3) is 0 Å². The summed E-state index contributed by atoms with van der Waals surface area (Å²) in [5.74, 6) is -2.19. The van der Waals surface area contributed by atoms with Gasteiger partial charge in [0.2, 0.25) is 11.8 Å². The molecule has 100 valence electrons. The third-order valence-corrected chi connectivity index (χ3v) is 2.13. The Morgan fingerprint density at radius 1 is 1.05 bits per heavy atom. The van der Waals surface area contributed by atoms with Crippen LogP contribution < -0.4 is 10.6 Å². The van der Waals surface area contributed by atoms with Crippen LogP contribution in [0.15, 0.2) is 42.5 Å². The molecule has 3 N–H and O–H groups in total. The van der Waals surface area contributed by atoms with Gasteiger partial charge in [0.05, 0.1) is 6.54 Å². The molecule has 6 nitrogen and oxygen atoms in total. The number of carboxylic acids is 1. The van der Waals surface area contributed by atoms with Gasteiger partial charge < -0.3 is 15.7 Å². The predicted octanol–water partition coefficient (Wildman–Crippen LogP) is 0.0598. The summed E-state index contributed by atoms with van der Waals surface area (Å²) in [5, 5.41) is 13.2. The molecule has 19 heavy (non-hydrogen) atoms. The second-order valence-electron chi connectivity index (χ2n) is 3.65. The van der Waals surface area contributed by atoms with Gasteiger partial charge >= 0.3 is 5.97 Å². The van der Waals surface area contributed by atoms with E-state index in [2.05, 4.69) is 10.6 Å². The average molecular weight is 262 g/mol. The highest BCUT2D eigenvalue weighted by Gasteiger charge is 2.03. The summed E-state index contributed by atoms with van der Waals surface area (Å²) in [4.78, 5) is 32.6. The Kier molecular flexibility index (Phi) is 5.81. The van der Waals surface area contributed by atoms with Crippen molar-refractivity contribution in [2.24, 2.45) is 0 Å². The molecule has 0 aromatic heterocycles. The normalized spacial score (nSPS) is 10.1. The van der Waals surface area contributed by atoms with Crippen molar-refractivity contribution in [1.82, 2.24) is 10.6 Å². The third kappa shape index (κ3) is 6.62. The molecule has 0 aliphatic rings. The molecule has 0 aliphatic carbocycles. The molecule has 0 bridgehead atoms. The van der Waals surface area contributed by atoms with Crippen molar-refractivity contribution < 1.29 is 19.5 Å². The highest BCUT2D eigenvalue weighted by atomic mass is 16.4. The van der Waals surface area contributed by atoms with Crippen LogP contribution in [-0.2, 0) is 20.9 Å². The van der Waals surface area contributed by atoms with Crippen molar-refractivity contribution in [2.45, 2.75) is 6.54 Å². The zero-order valence-electron chi connectivity index (χ0n) is 10.1. The zero-order valence-corrected chi connectivity index (χ0v) is 10.1. The number of benzene rings is 1. The van der Waals surface area contributed by atoms with E-state index < -0.39 is 11.9 Å². The quantitative estimate of drug-likeness (QED) is 0.632. The molecule has 0 fully saturated rings. The molecule has 0 saturated heterocycles. The second-order valence-corrected chi connectivity index (χ2v) is 3.65. The SMILES string of the molecule is O=C(O)/C=C/C(=O)NCC(=O)NCc1ccccc1. The molecule has 1 aromatic rings. The maximum absolute atomic E-state index is 11.4. The summed E-state index contributed by atoms with van der Waals surface area (Å²) in [7, 11) is 0. The van der Waals surface area contributed by atoms with E-state index in [1.54, 1.807) is 0 Å². The molecule has 0 radical (unpaired) electrons. The number of amides is 2. The van der Waals surface area contributed by atoms with Crippen molar-refractivity contribution in [1.29, 1.82) is 0 Å². The number of hydrogen-bond donors (Lipinski definition) is 3. The lowest BCUT2D eigenvalue weighted by Gasteiger charge is -2.05. The van der Waals surface area contributed by atoms with Crippen LogP contribution in [0.1, 0.15) is 5.56 Å². The molecule has 6 heteroatoms. The fraction of sp³-hybridized carbons (Fsp3) is 0.154. The predicted molar refractivity (Wildman–Crippen MR) is 68.1 cm³/mol. The fourth-order valence-electron chi connectivity index (χ4n) is 1.23. The van der Waals surface area contributed by atoms with Gasteiger partial charge in [-0.1, -0.05) is 30.3 Å². The molecule has 1 rings (SSSR count). The van der Waals surface area contributed by atoms with Crippen LogP contribution in [0.4, 0.5) is 0 Å². The summed E-state index contributed by atoms with van der Waals surface area (Å²) < 4.78 is 0. The number of hydrogen-bond acceptors (Lipinski definition) is 3. The molecular formula is C13H14N2O4. The number of nitrogens with one attached hydrogen (secondary N) is 2. The lowest BCUT2D eigenvalue weighted by Crippen LogP contribution is -2.35. The van der Waals surface area contributed by atoms with Gasteiger partial charge in [-0.2, -0.15) is 0 Å². The summed E-state index contributed by atoms with van der Waals surface area (Å²) in [5.41, 5.74) is 0.952. The molecule has 0 heterocycles. The van der Waals surface area contributed by atoms with Crippen LogP contribution in [-0.4, -0.2) is 29.4 Å². The Balaban J connectivity index is 2.25. The molecule has 0 unspecified atom stereocenters. The summed E-state index contributed by atoms with van der Waals surface area (Å²) in [6.45, 7) is 0.177. The average Bonchev–Trinajstić information content (AvgIpc) is 2.41. The number of carbonyl (C=O) groups excluding carboxylic acids is 2. The molecule has 0 saturated carbocycles. The highest BCUT2D eigenvalue weighted by molar-refractivity contribution is 5.95. The minimum absolute atomic E-state index is 0.199. The van der Waals surface area contributed by atoms with E-state index in [1.807, 2.05) is 30.3 Å². The highest BCUT2D eigenvalue weighted by Crippen LogP contribution is 1.96. The minimum atomic E-state index is -1.22. The largest absolute Gasteiger partial charge is 0.478 e. The number of aliphatic carboxylic acids is 1. The molecule has 1 aromatic carbocycles. The van der Waals surface area contributed by atoms with Gasteiger partial charge in [0.1, 0.15) is 0 Å². The van der Waals surface area contributed by atoms with Crippen LogP contribution in [0, 0.1) is 0 Å². The molecule has 0 spiro atoms. The first-order chi connectivity index (χ1) is 9.08. The lowest BCUT2D eigenvalue weighted by atomic mass is 10.2. The summed E-state index contributed by atoms with van der Waals surface area (Å²) >= 11 is 0. The van der Waals surface area contributed by atoms with Crippen molar-refractivity contribution in [3.63, 3.8) is 0 Å². The van der Waals surface area contributed by atoms with Gasteiger partial charge in [-0.3, -0.25) is 9.59 Å². The van der Waals surface area contributed by atoms with E-state index in [-0.39, 0.29) is 12.5 Å². The number of rotatable bonds is 6. The smallest absolute Gasteiger partial charge is 0.328 e. The van der Waals surface area contributed by atoms with E-state index in [9.17, 15) is 14.4 Å². The Morgan fingerprint density at radius 3 is 2.37 bits per heavy atom. The second kappa shape index (κ2) is 7.65. The van der Waals surface area contributed by atoms with Gasteiger partial charge in [0, 0.05) is 18.7 Å². The Bertz CT molecular complexity index is 483. The maximum atomic E-state index is 11.4. The van der Waals surface area contributed by atoms with E-state index in [0.717, 1.165) is 11.6 Å². The summed E-state index contributed by atoms with van der Waals surface area (Å²) in [6, 6.07) is 9.34. The Hall–Kier alpha value is -2.63. The Morgan fingerprint density at radius 2 is 1.74 bits per heavy atom. The third-order valence-electron chi connectivity index (χ3n) is 2.13. The van der Waals surface area contributed by atoms with Gasteiger partial charge in [-0.05, 0) is 5.56 Å². The maximum Gasteiger partial charge on any atom is 0.328 e. The molecule has 0 aliphatic heterocycles. The lowest BCUT2D eigenvalue weighted by molar-refractivity contribution is -0.131. The first kappa shape index (κ1) is 14.4. The van der Waals surface area contributed by atoms with Gasteiger partial charge in [0.15, 0.2) is 0 Å². The van der Waals surface area contributed by atoms with Crippen molar-refractivity contribution in [3.05, 3.63) is 48.0 Å². The van der Waals surface area contributed by atoms with Gasteiger partial charge in [-0.15, -0.1) is 0 Å². The van der Waals surface area contributed by atoms with Crippen LogP contribution in [0.3, 0.4) is 0 Å². The van der Waals surface area contributed by atoms with Crippen molar-refractivity contribution in [2.75, 3.05) is 6.54 Å². The molecular weight excluding hydrogens is 248 g/mol. The zero-order chi connectivity index (χ0) is 14.1. The number of carboxylic acid groups (broad SMARTS) is 1. The van der Waals surface area contributed by atoms with Crippen LogP contribution >= 0.6 is 0 Å². The van der Waals surface area contributed by atoms with Gasteiger partial charge in [-0.25, -0.2) is 4.79 Å². The van der Waals surface area contributed by atoms with E-state index in [1.165, 1.54) is 0 Å². The minimum Gasteiger partial charge on any atom is -0.478 e. The van der Waals surface area contributed by atoms with Crippen LogP contribution in [0.2, 0.25) is 0 Å². The molecule has 0 atom stereocenters. The first-order valence-electron chi connectivity index (χ1n) is 5.57.